The molecule has 7 nitrogen and oxygen atoms in total. The molecular weight excluding hydrogens is 246 g/mol. The molecule has 0 saturated heterocycles. The molecule has 2 rings (SSSR count). The van der Waals surface area contributed by atoms with E-state index in [0.717, 1.165) is 0 Å². The highest BCUT2D eigenvalue weighted by molar-refractivity contribution is 6.02. The Kier molecular flexibility index (Phi) is 3.56. The monoisotopic (exact) mass is 261 g/mol. The van der Waals surface area contributed by atoms with Crippen LogP contribution in [0, 0.1) is 0 Å². The highest BCUT2D eigenvalue weighted by Crippen LogP contribution is 2.29. The predicted octanol–water partition coefficient (Wildman–Crippen LogP) is 1.23. The van der Waals surface area contributed by atoms with Gasteiger partial charge in [-0.2, -0.15) is 5.10 Å². The smallest absolute Gasteiger partial charge is 0.256 e. The van der Waals surface area contributed by atoms with E-state index < -0.39 is 5.91 Å². The summed E-state index contributed by atoms with van der Waals surface area (Å²) in [5.74, 6) is 0.408. The molecule has 0 aliphatic heterocycles. The summed E-state index contributed by atoms with van der Waals surface area (Å²) < 4.78 is 5.47. The minimum Gasteiger partial charge on any atom is -0.492 e. The van der Waals surface area contributed by atoms with Crippen molar-refractivity contribution in [3.05, 3.63) is 29.8 Å². The first-order valence-electron chi connectivity index (χ1n) is 5.76. The van der Waals surface area contributed by atoms with Crippen molar-refractivity contribution < 1.29 is 9.53 Å². The van der Waals surface area contributed by atoms with Crippen LogP contribution in [0.2, 0.25) is 0 Å². The molecule has 0 fully saturated rings. The third-order valence-electron chi connectivity index (χ3n) is 2.48. The fraction of sp³-hybridized carbons (Fsp3) is 0.167. The van der Waals surface area contributed by atoms with Gasteiger partial charge in [0.2, 0.25) is 0 Å². The van der Waals surface area contributed by atoms with Crippen LogP contribution in [0.25, 0.3) is 0 Å². The average molecular weight is 261 g/mol. The number of anilines is 3. The van der Waals surface area contributed by atoms with Crippen molar-refractivity contribution >= 4 is 23.2 Å². The van der Waals surface area contributed by atoms with Gasteiger partial charge in [0.15, 0.2) is 5.82 Å². The molecule has 1 aromatic carbocycles. The second-order valence-electron chi connectivity index (χ2n) is 3.78. The number of nitrogens with one attached hydrogen (secondary N) is 2. The largest absolute Gasteiger partial charge is 0.492 e. The number of ether oxygens (including phenoxy) is 1. The average Bonchev–Trinajstić information content (AvgIpc) is 2.73. The Bertz CT molecular complexity index is 594. The number of aromatic amines is 1. The lowest BCUT2D eigenvalue weighted by atomic mass is 10.2. The second kappa shape index (κ2) is 5.30. The summed E-state index contributed by atoms with van der Waals surface area (Å²) in [6.07, 6.45) is 0. The Hall–Kier alpha value is -2.70. The summed E-state index contributed by atoms with van der Waals surface area (Å²) in [5, 5.41) is 9.41. The minimum absolute atomic E-state index is 0.129. The van der Waals surface area contributed by atoms with E-state index in [0.29, 0.717) is 18.0 Å². The molecule has 0 saturated carbocycles. The number of nitrogen functional groups attached to an aromatic ring is 1. The van der Waals surface area contributed by atoms with E-state index >= 15 is 0 Å². The summed E-state index contributed by atoms with van der Waals surface area (Å²) >= 11 is 0. The maximum Gasteiger partial charge on any atom is 0.256 e. The van der Waals surface area contributed by atoms with Gasteiger partial charge in [-0.15, -0.1) is 0 Å². The Balaban J connectivity index is 2.34. The molecule has 0 aliphatic rings. The van der Waals surface area contributed by atoms with Gasteiger partial charge < -0.3 is 21.5 Å². The molecule has 100 valence electrons. The Morgan fingerprint density at radius 2 is 2.21 bits per heavy atom. The van der Waals surface area contributed by atoms with Crippen LogP contribution in [0.5, 0.6) is 5.75 Å². The van der Waals surface area contributed by atoms with E-state index in [1.165, 1.54) is 0 Å². The third kappa shape index (κ3) is 2.59. The number of primary amides is 1. The number of hydrogen-bond acceptors (Lipinski definition) is 5. The second-order valence-corrected chi connectivity index (χ2v) is 3.78. The van der Waals surface area contributed by atoms with E-state index in [1.807, 2.05) is 25.1 Å². The molecule has 0 bridgehead atoms. The van der Waals surface area contributed by atoms with Crippen LogP contribution in [0.4, 0.5) is 17.3 Å². The van der Waals surface area contributed by atoms with E-state index in [9.17, 15) is 4.79 Å². The number of benzene rings is 1. The fourth-order valence-corrected chi connectivity index (χ4v) is 1.67. The summed E-state index contributed by atoms with van der Waals surface area (Å²) in [7, 11) is 0. The lowest BCUT2D eigenvalue weighted by Gasteiger charge is -2.11. The number of carbonyl (C=O) groups excluding carboxylic acids is 1. The quantitative estimate of drug-likeness (QED) is 0.645. The fourth-order valence-electron chi connectivity index (χ4n) is 1.67. The van der Waals surface area contributed by atoms with Gasteiger partial charge in [0.05, 0.1) is 12.3 Å². The van der Waals surface area contributed by atoms with Gasteiger partial charge in [-0.3, -0.25) is 9.89 Å². The maximum absolute atomic E-state index is 11.3. The highest BCUT2D eigenvalue weighted by atomic mass is 16.5. The normalized spacial score (nSPS) is 10.2. The zero-order valence-electron chi connectivity index (χ0n) is 10.4. The summed E-state index contributed by atoms with van der Waals surface area (Å²) in [6, 6.07) is 7.31. The number of rotatable bonds is 5. The van der Waals surface area contributed by atoms with Crippen LogP contribution < -0.4 is 21.5 Å². The number of amides is 1. The van der Waals surface area contributed by atoms with Crippen LogP contribution in [0.3, 0.4) is 0 Å². The van der Waals surface area contributed by atoms with Crippen molar-refractivity contribution in [2.24, 2.45) is 5.73 Å². The molecule has 7 heteroatoms. The first-order valence-corrected chi connectivity index (χ1v) is 5.76. The number of para-hydroxylation sites is 2. The van der Waals surface area contributed by atoms with Crippen LogP contribution in [-0.4, -0.2) is 22.7 Å². The van der Waals surface area contributed by atoms with Gasteiger partial charge in [0, 0.05) is 0 Å². The molecule has 0 radical (unpaired) electrons. The topological polar surface area (TPSA) is 119 Å². The van der Waals surface area contributed by atoms with E-state index in [1.54, 1.807) is 6.07 Å². The highest BCUT2D eigenvalue weighted by Gasteiger charge is 2.17. The molecule has 0 atom stereocenters. The van der Waals surface area contributed by atoms with E-state index in [-0.39, 0.29) is 17.2 Å². The molecule has 19 heavy (non-hydrogen) atoms. The van der Waals surface area contributed by atoms with Gasteiger partial charge in [0.25, 0.3) is 5.91 Å². The number of hydrogen-bond donors (Lipinski definition) is 4. The zero-order valence-corrected chi connectivity index (χ0v) is 10.4. The van der Waals surface area contributed by atoms with Crippen molar-refractivity contribution in [3.63, 3.8) is 0 Å². The maximum atomic E-state index is 11.3. The first-order chi connectivity index (χ1) is 9.13. The number of nitrogens with zero attached hydrogens (tertiary/aromatic N) is 1. The lowest BCUT2D eigenvalue weighted by molar-refractivity contribution is 0.100. The number of nitrogens with two attached hydrogens (primary N) is 2. The van der Waals surface area contributed by atoms with Crippen molar-refractivity contribution in [1.82, 2.24) is 10.2 Å². The Labute approximate surface area is 109 Å². The molecule has 0 spiro atoms. The number of carbonyl (C=O) groups is 1. The molecule has 1 amide bonds. The Morgan fingerprint density at radius 3 is 2.89 bits per heavy atom. The van der Waals surface area contributed by atoms with Gasteiger partial charge in [0.1, 0.15) is 17.1 Å². The summed E-state index contributed by atoms with van der Waals surface area (Å²) in [4.78, 5) is 11.3. The van der Waals surface area contributed by atoms with Crippen molar-refractivity contribution in [2.75, 3.05) is 17.7 Å². The van der Waals surface area contributed by atoms with Gasteiger partial charge >= 0.3 is 0 Å². The molecule has 2 aromatic rings. The molecule has 1 aromatic heterocycles. The number of H-pyrrole nitrogens is 1. The van der Waals surface area contributed by atoms with Crippen molar-refractivity contribution in [3.8, 4) is 5.75 Å². The molecular formula is C12H15N5O2. The predicted molar refractivity (Wildman–Crippen MR) is 72.4 cm³/mol. The van der Waals surface area contributed by atoms with E-state index in [2.05, 4.69) is 15.5 Å². The van der Waals surface area contributed by atoms with Gasteiger partial charge in [-0.1, -0.05) is 12.1 Å². The molecule has 6 N–H and O–H groups in total. The standard InChI is InChI=1S/C12H15N5O2/c1-2-19-8-6-4-3-5-7(8)15-12-9(11(14)18)10(13)16-17-12/h3-6H,2H2,1H3,(H2,14,18)(H4,13,15,16,17). The summed E-state index contributed by atoms with van der Waals surface area (Å²) in [6.45, 7) is 2.42. The lowest BCUT2D eigenvalue weighted by Crippen LogP contribution is -2.14. The Morgan fingerprint density at radius 1 is 1.47 bits per heavy atom. The van der Waals surface area contributed by atoms with Gasteiger partial charge in [-0.05, 0) is 19.1 Å². The van der Waals surface area contributed by atoms with Gasteiger partial charge in [-0.25, -0.2) is 0 Å². The van der Waals surface area contributed by atoms with Crippen molar-refractivity contribution in [2.45, 2.75) is 6.92 Å². The summed E-state index contributed by atoms with van der Waals surface area (Å²) in [5.41, 5.74) is 11.7. The van der Waals surface area contributed by atoms with E-state index in [4.69, 9.17) is 16.2 Å². The zero-order chi connectivity index (χ0) is 13.8. The first kappa shape index (κ1) is 12.7. The van der Waals surface area contributed by atoms with Crippen molar-refractivity contribution in [1.29, 1.82) is 0 Å². The third-order valence-corrected chi connectivity index (χ3v) is 2.48. The van der Waals surface area contributed by atoms with Crippen LogP contribution in [-0.2, 0) is 0 Å². The number of aromatic nitrogens is 2. The molecule has 0 aliphatic carbocycles. The van der Waals surface area contributed by atoms with Crippen LogP contribution in [0.15, 0.2) is 24.3 Å². The SMILES string of the molecule is CCOc1ccccc1Nc1n[nH]c(N)c1C(N)=O. The minimum atomic E-state index is -0.650. The molecule has 1 heterocycles. The van der Waals surface area contributed by atoms with Crippen LogP contribution in [0.1, 0.15) is 17.3 Å². The molecule has 0 unspecified atom stereocenters. The van der Waals surface area contributed by atoms with Crippen LogP contribution >= 0.6 is 0 Å².